The average molecular weight is 324 g/mol. The van der Waals surface area contributed by atoms with Gasteiger partial charge in [-0.05, 0) is 25.1 Å². The van der Waals surface area contributed by atoms with E-state index >= 15 is 0 Å². The van der Waals surface area contributed by atoms with E-state index < -0.39 is 6.10 Å². The molecule has 4 heteroatoms. The van der Waals surface area contributed by atoms with E-state index in [2.05, 4.69) is 37.3 Å². The third-order valence-electron chi connectivity index (χ3n) is 3.80. The lowest BCUT2D eigenvalue weighted by Gasteiger charge is -2.23. The van der Waals surface area contributed by atoms with Crippen molar-refractivity contribution in [3.63, 3.8) is 0 Å². The highest BCUT2D eigenvalue weighted by Crippen LogP contribution is 2.26. The van der Waals surface area contributed by atoms with Crippen molar-refractivity contribution in [3.8, 4) is 6.07 Å². The normalized spacial score (nSPS) is 13.5. The minimum absolute atomic E-state index is 0.212. The first-order chi connectivity index (χ1) is 11.6. The molecule has 0 saturated carbocycles. The Hall–Kier alpha value is -2.19. The summed E-state index contributed by atoms with van der Waals surface area (Å²) in [6, 6.07) is 20.3. The largest absolute Gasteiger partial charge is 0.389 e. The van der Waals surface area contributed by atoms with Crippen LogP contribution in [0.3, 0.4) is 0 Å². The second-order valence-electron chi connectivity index (χ2n) is 6.04. The van der Waals surface area contributed by atoms with Crippen molar-refractivity contribution in [2.24, 2.45) is 0 Å². The molecule has 4 nitrogen and oxygen atoms in total. The first kappa shape index (κ1) is 18.2. The van der Waals surface area contributed by atoms with E-state index in [0.717, 1.165) is 11.1 Å². The molecule has 126 valence electrons. The molecule has 2 atom stereocenters. The Kier molecular flexibility index (Phi) is 6.95. The van der Waals surface area contributed by atoms with Crippen LogP contribution in [0.25, 0.3) is 0 Å². The summed E-state index contributed by atoms with van der Waals surface area (Å²) in [7, 11) is 1.81. The SMILES string of the molecule is Cc1ccc(C(OCC(O)CN(C)CC#N)c2ccccc2)cc1. The molecule has 0 spiro atoms. The molecule has 0 fully saturated rings. The topological polar surface area (TPSA) is 56.5 Å². The first-order valence-electron chi connectivity index (χ1n) is 8.07. The van der Waals surface area contributed by atoms with Gasteiger partial charge in [-0.25, -0.2) is 0 Å². The molecule has 24 heavy (non-hydrogen) atoms. The second kappa shape index (κ2) is 9.19. The summed E-state index contributed by atoms with van der Waals surface area (Å²) >= 11 is 0. The molecule has 0 aliphatic rings. The molecular formula is C20H24N2O2. The van der Waals surface area contributed by atoms with E-state index in [1.807, 2.05) is 30.3 Å². The third kappa shape index (κ3) is 5.47. The number of rotatable bonds is 8. The molecule has 1 N–H and O–H groups in total. The minimum atomic E-state index is -0.639. The minimum Gasteiger partial charge on any atom is -0.389 e. The quantitative estimate of drug-likeness (QED) is 0.759. The van der Waals surface area contributed by atoms with Gasteiger partial charge in [0.1, 0.15) is 6.10 Å². The van der Waals surface area contributed by atoms with Gasteiger partial charge in [0.25, 0.3) is 0 Å². The molecule has 0 amide bonds. The van der Waals surface area contributed by atoms with Gasteiger partial charge in [-0.2, -0.15) is 5.26 Å². The summed E-state index contributed by atoms with van der Waals surface area (Å²) < 4.78 is 6.04. The van der Waals surface area contributed by atoms with E-state index in [0.29, 0.717) is 6.54 Å². The van der Waals surface area contributed by atoms with Crippen LogP contribution >= 0.6 is 0 Å². The molecule has 0 aliphatic carbocycles. The number of aryl methyl sites for hydroxylation is 1. The summed E-state index contributed by atoms with van der Waals surface area (Å²) in [5, 5.41) is 18.8. The number of ether oxygens (including phenoxy) is 1. The maximum atomic E-state index is 10.2. The fourth-order valence-electron chi connectivity index (χ4n) is 2.56. The number of hydrogen-bond acceptors (Lipinski definition) is 4. The van der Waals surface area contributed by atoms with E-state index in [1.54, 1.807) is 11.9 Å². The lowest BCUT2D eigenvalue weighted by molar-refractivity contribution is -0.00421. The van der Waals surface area contributed by atoms with Crippen molar-refractivity contribution in [1.29, 1.82) is 5.26 Å². The highest BCUT2D eigenvalue weighted by Gasteiger charge is 2.17. The van der Waals surface area contributed by atoms with Crippen LogP contribution in [0.1, 0.15) is 22.8 Å². The molecule has 0 aromatic heterocycles. The molecule has 0 heterocycles. The average Bonchev–Trinajstić information content (AvgIpc) is 2.57. The van der Waals surface area contributed by atoms with Gasteiger partial charge in [0, 0.05) is 6.54 Å². The number of nitriles is 1. The van der Waals surface area contributed by atoms with Gasteiger partial charge in [0.05, 0.1) is 25.3 Å². The summed E-state index contributed by atoms with van der Waals surface area (Å²) in [6.45, 7) is 2.96. The van der Waals surface area contributed by atoms with Gasteiger partial charge in [0.2, 0.25) is 0 Å². The van der Waals surface area contributed by atoms with Crippen LogP contribution in [0.4, 0.5) is 0 Å². The summed E-state index contributed by atoms with van der Waals surface area (Å²) in [5.41, 5.74) is 3.31. The highest BCUT2D eigenvalue weighted by atomic mass is 16.5. The van der Waals surface area contributed by atoms with Crippen LogP contribution in [0.15, 0.2) is 54.6 Å². The summed E-state index contributed by atoms with van der Waals surface area (Å²) in [4.78, 5) is 1.78. The zero-order valence-corrected chi connectivity index (χ0v) is 14.2. The predicted molar refractivity (Wildman–Crippen MR) is 94.5 cm³/mol. The lowest BCUT2D eigenvalue weighted by Crippen LogP contribution is -2.33. The molecule has 0 bridgehead atoms. The van der Waals surface area contributed by atoms with Crippen LogP contribution in [0, 0.1) is 18.3 Å². The number of nitrogens with zero attached hydrogens (tertiary/aromatic N) is 2. The van der Waals surface area contributed by atoms with Crippen molar-refractivity contribution in [2.45, 2.75) is 19.1 Å². The van der Waals surface area contributed by atoms with Gasteiger partial charge >= 0.3 is 0 Å². The maximum absolute atomic E-state index is 10.2. The van der Waals surface area contributed by atoms with Crippen LogP contribution in [-0.2, 0) is 4.74 Å². The van der Waals surface area contributed by atoms with Crippen molar-refractivity contribution >= 4 is 0 Å². The Morgan fingerprint density at radius 1 is 1.08 bits per heavy atom. The number of benzene rings is 2. The summed E-state index contributed by atoms with van der Waals surface area (Å²) in [6.07, 6.45) is -0.859. The standard InChI is InChI=1S/C20H24N2O2/c1-16-8-10-18(11-9-16)20(17-6-4-3-5-7-17)24-15-19(23)14-22(2)13-12-21/h3-11,19-20,23H,13-15H2,1-2H3. The Labute approximate surface area is 143 Å². The number of aliphatic hydroxyl groups is 1. The Morgan fingerprint density at radius 2 is 1.71 bits per heavy atom. The second-order valence-corrected chi connectivity index (χ2v) is 6.04. The predicted octanol–water partition coefficient (Wildman–Crippen LogP) is 2.92. The van der Waals surface area contributed by atoms with E-state index in [9.17, 15) is 5.11 Å². The van der Waals surface area contributed by atoms with Gasteiger partial charge in [0.15, 0.2) is 0 Å². The van der Waals surface area contributed by atoms with Crippen LogP contribution < -0.4 is 0 Å². The Bertz CT molecular complexity index is 650. The summed E-state index contributed by atoms with van der Waals surface area (Å²) in [5.74, 6) is 0. The zero-order valence-electron chi connectivity index (χ0n) is 14.2. The fraction of sp³-hybridized carbons (Fsp3) is 0.350. The van der Waals surface area contributed by atoms with Crippen molar-refractivity contribution in [3.05, 3.63) is 71.3 Å². The number of hydrogen-bond donors (Lipinski definition) is 1. The van der Waals surface area contributed by atoms with Gasteiger partial charge in [-0.1, -0.05) is 60.2 Å². The first-order valence-corrected chi connectivity index (χ1v) is 8.07. The van der Waals surface area contributed by atoms with Crippen LogP contribution in [0.5, 0.6) is 0 Å². The molecule has 2 rings (SSSR count). The number of likely N-dealkylation sites (N-methyl/N-ethyl adjacent to an activating group) is 1. The lowest BCUT2D eigenvalue weighted by atomic mass is 10.0. The van der Waals surface area contributed by atoms with Crippen molar-refractivity contribution in [2.75, 3.05) is 26.7 Å². The van der Waals surface area contributed by atoms with Gasteiger partial charge in [-0.3, -0.25) is 4.90 Å². The van der Waals surface area contributed by atoms with Crippen molar-refractivity contribution in [1.82, 2.24) is 4.90 Å². The fourth-order valence-corrected chi connectivity index (χ4v) is 2.56. The monoisotopic (exact) mass is 324 g/mol. The molecule has 2 aromatic rings. The molecule has 0 saturated heterocycles. The Morgan fingerprint density at radius 3 is 2.33 bits per heavy atom. The van der Waals surface area contributed by atoms with E-state index in [1.165, 1.54) is 5.56 Å². The van der Waals surface area contributed by atoms with Gasteiger partial charge < -0.3 is 9.84 Å². The molecule has 0 aliphatic heterocycles. The number of aliphatic hydroxyl groups excluding tert-OH is 1. The van der Waals surface area contributed by atoms with Gasteiger partial charge in [-0.15, -0.1) is 0 Å². The smallest absolute Gasteiger partial charge is 0.108 e. The van der Waals surface area contributed by atoms with Crippen LogP contribution in [0.2, 0.25) is 0 Å². The van der Waals surface area contributed by atoms with Crippen LogP contribution in [-0.4, -0.2) is 42.9 Å². The highest BCUT2D eigenvalue weighted by molar-refractivity contribution is 5.31. The third-order valence-corrected chi connectivity index (χ3v) is 3.80. The zero-order chi connectivity index (χ0) is 17.4. The Balaban J connectivity index is 2.07. The van der Waals surface area contributed by atoms with E-state index in [4.69, 9.17) is 10.00 Å². The van der Waals surface area contributed by atoms with E-state index in [-0.39, 0.29) is 19.3 Å². The molecule has 0 radical (unpaired) electrons. The molecule has 2 aromatic carbocycles. The van der Waals surface area contributed by atoms with Crippen molar-refractivity contribution < 1.29 is 9.84 Å². The molecular weight excluding hydrogens is 300 g/mol. The molecule has 2 unspecified atom stereocenters. The maximum Gasteiger partial charge on any atom is 0.108 e.